The highest BCUT2D eigenvalue weighted by Gasteiger charge is 2.23. The lowest BCUT2D eigenvalue weighted by atomic mass is 10.2. The second-order valence-corrected chi connectivity index (χ2v) is 5.83. The Balaban J connectivity index is 1.61. The fourth-order valence-electron chi connectivity index (χ4n) is 3.24. The first kappa shape index (κ1) is 14.2. The van der Waals surface area contributed by atoms with Crippen LogP contribution in [0.2, 0.25) is 0 Å². The molecule has 5 heteroatoms. The van der Waals surface area contributed by atoms with Crippen molar-refractivity contribution < 1.29 is 9.53 Å². The summed E-state index contributed by atoms with van der Waals surface area (Å²) in [6, 6.07) is 12.3. The number of amides is 1. The summed E-state index contributed by atoms with van der Waals surface area (Å²) in [7, 11) is 0. The van der Waals surface area contributed by atoms with Gasteiger partial charge in [-0.05, 0) is 30.2 Å². The Morgan fingerprint density at radius 1 is 1.09 bits per heavy atom. The maximum absolute atomic E-state index is 12.6. The summed E-state index contributed by atoms with van der Waals surface area (Å²) in [5.41, 5.74) is 4.11. The van der Waals surface area contributed by atoms with E-state index in [9.17, 15) is 4.79 Å². The largest absolute Gasteiger partial charge is 0.378 e. The van der Waals surface area contributed by atoms with Gasteiger partial charge < -0.3 is 14.5 Å². The highest BCUT2D eigenvalue weighted by Crippen LogP contribution is 2.34. The Labute approximate surface area is 135 Å². The van der Waals surface area contributed by atoms with Gasteiger partial charge in [-0.25, -0.2) is 0 Å². The number of hydrogen-bond donors (Lipinski definition) is 0. The second kappa shape index (κ2) is 6.01. The number of nitrogens with zero attached hydrogens (tertiary/aromatic N) is 3. The van der Waals surface area contributed by atoms with E-state index in [1.54, 1.807) is 6.20 Å². The minimum atomic E-state index is -0.0115. The molecule has 23 heavy (non-hydrogen) atoms. The molecule has 2 aliphatic rings. The average Bonchev–Trinajstić information content (AvgIpc) is 3.06. The van der Waals surface area contributed by atoms with Crippen molar-refractivity contribution in [1.82, 2.24) is 9.88 Å². The fourth-order valence-corrected chi connectivity index (χ4v) is 3.24. The van der Waals surface area contributed by atoms with Gasteiger partial charge in [-0.3, -0.25) is 9.78 Å². The van der Waals surface area contributed by atoms with Gasteiger partial charge >= 0.3 is 0 Å². The number of pyridine rings is 1. The fraction of sp³-hybridized carbons (Fsp3) is 0.333. The number of aromatic nitrogens is 1. The summed E-state index contributed by atoms with van der Waals surface area (Å²) < 4.78 is 5.31. The molecular weight excluding hydrogens is 290 g/mol. The van der Waals surface area contributed by atoms with E-state index < -0.39 is 0 Å². The predicted octanol–water partition coefficient (Wildman–Crippen LogP) is 2.25. The number of benzene rings is 1. The van der Waals surface area contributed by atoms with Gasteiger partial charge in [-0.2, -0.15) is 0 Å². The van der Waals surface area contributed by atoms with Gasteiger partial charge in [0.15, 0.2) is 0 Å². The molecule has 1 saturated heterocycles. The highest BCUT2D eigenvalue weighted by atomic mass is 16.5. The van der Waals surface area contributed by atoms with Crippen LogP contribution in [0.25, 0.3) is 0 Å². The van der Waals surface area contributed by atoms with E-state index >= 15 is 0 Å². The van der Waals surface area contributed by atoms with E-state index in [0.29, 0.717) is 32.0 Å². The second-order valence-electron chi connectivity index (χ2n) is 5.83. The molecule has 2 aromatic rings. The summed E-state index contributed by atoms with van der Waals surface area (Å²) in [5.74, 6) is -0.0115. The van der Waals surface area contributed by atoms with Crippen molar-refractivity contribution in [2.75, 3.05) is 37.7 Å². The zero-order valence-electron chi connectivity index (χ0n) is 12.9. The van der Waals surface area contributed by atoms with Crippen molar-refractivity contribution in [1.29, 1.82) is 0 Å². The molecule has 4 rings (SSSR count). The SMILES string of the molecule is O=C(c1cc(N2CCc3ccccc32)ccn1)N1CCOCC1. The first-order chi connectivity index (χ1) is 11.3. The molecule has 118 valence electrons. The van der Waals surface area contributed by atoms with Gasteiger partial charge in [0, 0.05) is 37.2 Å². The standard InChI is InChI=1S/C18H19N3O2/c22-18(20-9-11-23-12-10-20)16-13-15(5-7-19-16)21-8-6-14-3-1-2-4-17(14)21/h1-5,7,13H,6,8-12H2. The molecule has 1 amide bonds. The zero-order chi connectivity index (χ0) is 15.6. The van der Waals surface area contributed by atoms with Crippen LogP contribution in [0.1, 0.15) is 16.1 Å². The highest BCUT2D eigenvalue weighted by molar-refractivity contribution is 5.93. The first-order valence-electron chi connectivity index (χ1n) is 8.01. The number of hydrogen-bond acceptors (Lipinski definition) is 4. The summed E-state index contributed by atoms with van der Waals surface area (Å²) >= 11 is 0. The molecule has 5 nitrogen and oxygen atoms in total. The molecule has 2 aliphatic heterocycles. The molecule has 0 saturated carbocycles. The van der Waals surface area contributed by atoms with E-state index in [2.05, 4.69) is 34.1 Å². The van der Waals surface area contributed by atoms with Gasteiger partial charge in [-0.1, -0.05) is 18.2 Å². The molecule has 0 radical (unpaired) electrons. The van der Waals surface area contributed by atoms with Gasteiger partial charge in [0.1, 0.15) is 5.69 Å². The van der Waals surface area contributed by atoms with Crippen LogP contribution in [-0.4, -0.2) is 48.6 Å². The van der Waals surface area contributed by atoms with E-state index in [4.69, 9.17) is 4.74 Å². The molecule has 0 aliphatic carbocycles. The monoisotopic (exact) mass is 309 g/mol. The summed E-state index contributed by atoms with van der Waals surface area (Å²) in [4.78, 5) is 21.0. The number of anilines is 2. The van der Waals surface area contributed by atoms with E-state index in [0.717, 1.165) is 18.7 Å². The lowest BCUT2D eigenvalue weighted by Crippen LogP contribution is -2.41. The third kappa shape index (κ3) is 2.68. The normalized spacial score (nSPS) is 17.2. The molecule has 1 aromatic heterocycles. The van der Waals surface area contributed by atoms with Gasteiger partial charge in [0.05, 0.1) is 13.2 Å². The smallest absolute Gasteiger partial charge is 0.272 e. The minimum Gasteiger partial charge on any atom is -0.378 e. The maximum atomic E-state index is 12.6. The Morgan fingerprint density at radius 3 is 2.78 bits per heavy atom. The van der Waals surface area contributed by atoms with Crippen LogP contribution >= 0.6 is 0 Å². The number of fused-ring (bicyclic) bond motifs is 1. The number of morpholine rings is 1. The Morgan fingerprint density at radius 2 is 1.91 bits per heavy atom. The summed E-state index contributed by atoms with van der Waals surface area (Å²) in [6.45, 7) is 3.42. The summed E-state index contributed by atoms with van der Waals surface area (Å²) in [5, 5.41) is 0. The maximum Gasteiger partial charge on any atom is 0.272 e. The summed E-state index contributed by atoms with van der Waals surface area (Å²) in [6.07, 6.45) is 2.76. The number of rotatable bonds is 2. The number of carbonyl (C=O) groups is 1. The quantitative estimate of drug-likeness (QED) is 0.853. The van der Waals surface area contributed by atoms with Crippen molar-refractivity contribution in [3.05, 3.63) is 53.9 Å². The van der Waals surface area contributed by atoms with Crippen LogP contribution in [0.4, 0.5) is 11.4 Å². The molecule has 0 spiro atoms. The first-order valence-corrected chi connectivity index (χ1v) is 8.01. The number of ether oxygens (including phenoxy) is 1. The van der Waals surface area contributed by atoms with E-state index in [1.807, 2.05) is 17.0 Å². The van der Waals surface area contributed by atoms with Crippen LogP contribution in [0.5, 0.6) is 0 Å². The number of carbonyl (C=O) groups excluding carboxylic acids is 1. The Kier molecular flexibility index (Phi) is 3.71. The van der Waals surface area contributed by atoms with Crippen LogP contribution < -0.4 is 4.90 Å². The van der Waals surface area contributed by atoms with Crippen molar-refractivity contribution in [3.8, 4) is 0 Å². The van der Waals surface area contributed by atoms with Gasteiger partial charge in [0.2, 0.25) is 0 Å². The molecule has 0 atom stereocenters. The number of para-hydroxylation sites is 1. The van der Waals surface area contributed by atoms with Crippen LogP contribution in [-0.2, 0) is 11.2 Å². The van der Waals surface area contributed by atoms with Crippen molar-refractivity contribution in [3.63, 3.8) is 0 Å². The molecule has 0 bridgehead atoms. The lowest BCUT2D eigenvalue weighted by Gasteiger charge is -2.27. The third-order valence-corrected chi connectivity index (χ3v) is 4.46. The van der Waals surface area contributed by atoms with E-state index in [-0.39, 0.29) is 5.91 Å². The van der Waals surface area contributed by atoms with Crippen molar-refractivity contribution in [2.45, 2.75) is 6.42 Å². The van der Waals surface area contributed by atoms with E-state index in [1.165, 1.54) is 11.3 Å². The molecule has 3 heterocycles. The van der Waals surface area contributed by atoms with Crippen LogP contribution in [0, 0.1) is 0 Å². The van der Waals surface area contributed by atoms with Crippen LogP contribution in [0.3, 0.4) is 0 Å². The molecule has 0 N–H and O–H groups in total. The van der Waals surface area contributed by atoms with Gasteiger partial charge in [0.25, 0.3) is 5.91 Å². The Bertz CT molecular complexity index is 726. The zero-order valence-corrected chi connectivity index (χ0v) is 12.9. The van der Waals surface area contributed by atoms with Gasteiger partial charge in [-0.15, -0.1) is 0 Å². The molecule has 1 aromatic carbocycles. The minimum absolute atomic E-state index is 0.0115. The van der Waals surface area contributed by atoms with Crippen molar-refractivity contribution >= 4 is 17.3 Å². The predicted molar refractivity (Wildman–Crippen MR) is 88.1 cm³/mol. The van der Waals surface area contributed by atoms with Crippen LogP contribution in [0.15, 0.2) is 42.6 Å². The Hall–Kier alpha value is -2.40. The molecule has 0 unspecified atom stereocenters. The molecule has 1 fully saturated rings. The van der Waals surface area contributed by atoms with Crippen molar-refractivity contribution in [2.24, 2.45) is 0 Å². The third-order valence-electron chi connectivity index (χ3n) is 4.46. The average molecular weight is 309 g/mol. The molecular formula is C18H19N3O2. The topological polar surface area (TPSA) is 45.7 Å². The lowest BCUT2D eigenvalue weighted by molar-refractivity contribution is 0.0299.